The highest BCUT2D eigenvalue weighted by Gasteiger charge is 2.37. The molecule has 2 fully saturated rings. The van der Waals surface area contributed by atoms with Crippen molar-refractivity contribution in [3.8, 4) is 6.01 Å². The summed E-state index contributed by atoms with van der Waals surface area (Å²) in [6, 6.07) is 5.41. The number of likely N-dealkylation sites (tertiary alicyclic amines) is 1. The first kappa shape index (κ1) is 24.1. The Labute approximate surface area is 204 Å². The van der Waals surface area contributed by atoms with Crippen LogP contribution >= 0.6 is 0 Å². The molecule has 0 saturated carbocycles. The summed E-state index contributed by atoms with van der Waals surface area (Å²) in [6.07, 6.45) is -1.60. The first-order valence-corrected chi connectivity index (χ1v) is 12.4. The number of anilines is 2. The van der Waals surface area contributed by atoms with Crippen molar-refractivity contribution in [2.45, 2.75) is 44.9 Å². The lowest BCUT2D eigenvalue weighted by molar-refractivity contribution is -0.137. The van der Waals surface area contributed by atoms with Crippen LogP contribution in [0.5, 0.6) is 6.01 Å². The maximum atomic E-state index is 13.9. The molecule has 1 atom stereocenters. The Hall–Kier alpha value is -2.59. The SMILES string of the molecule is Cc1cccc(N2CCc3c(nc(OC[C@@H]4CCCN4C)nc3N3CCNCC3)C2)c1C(F)(F)F. The number of nitrogens with zero attached hydrogens (tertiary/aromatic N) is 5. The maximum absolute atomic E-state index is 13.9. The highest BCUT2D eigenvalue weighted by Crippen LogP contribution is 2.41. The number of likely N-dealkylation sites (N-methyl/N-ethyl adjacent to an activating group) is 1. The predicted octanol–water partition coefficient (Wildman–Crippen LogP) is 3.25. The van der Waals surface area contributed by atoms with Gasteiger partial charge in [-0.15, -0.1) is 0 Å². The number of piperazine rings is 1. The molecule has 0 amide bonds. The van der Waals surface area contributed by atoms with Crippen molar-refractivity contribution in [2.24, 2.45) is 0 Å². The van der Waals surface area contributed by atoms with E-state index in [4.69, 9.17) is 14.7 Å². The average molecular weight is 491 g/mol. The lowest BCUT2D eigenvalue weighted by Crippen LogP contribution is -2.45. The molecule has 35 heavy (non-hydrogen) atoms. The number of hydrogen-bond donors (Lipinski definition) is 1. The summed E-state index contributed by atoms with van der Waals surface area (Å²) in [4.78, 5) is 15.9. The Morgan fingerprint density at radius 1 is 1.09 bits per heavy atom. The molecule has 3 aliphatic rings. The second-order valence-corrected chi connectivity index (χ2v) is 9.72. The molecule has 0 radical (unpaired) electrons. The van der Waals surface area contributed by atoms with Crippen molar-refractivity contribution in [1.82, 2.24) is 20.2 Å². The molecule has 1 aromatic heterocycles. The van der Waals surface area contributed by atoms with E-state index in [0.29, 0.717) is 38.2 Å². The van der Waals surface area contributed by atoms with E-state index in [2.05, 4.69) is 22.2 Å². The van der Waals surface area contributed by atoms with Gasteiger partial charge in [-0.3, -0.25) is 0 Å². The highest BCUT2D eigenvalue weighted by molar-refractivity contribution is 5.61. The Morgan fingerprint density at radius 3 is 2.60 bits per heavy atom. The molecule has 7 nitrogen and oxygen atoms in total. The van der Waals surface area contributed by atoms with Crippen LogP contribution in [0.25, 0.3) is 0 Å². The first-order valence-electron chi connectivity index (χ1n) is 12.4. The lowest BCUT2D eigenvalue weighted by Gasteiger charge is -2.36. The van der Waals surface area contributed by atoms with Gasteiger partial charge in [0, 0.05) is 50.0 Å². The van der Waals surface area contributed by atoms with Crippen LogP contribution < -0.4 is 19.9 Å². The second kappa shape index (κ2) is 9.81. The number of ether oxygens (including phenoxy) is 1. The van der Waals surface area contributed by atoms with Crippen molar-refractivity contribution in [1.29, 1.82) is 0 Å². The van der Waals surface area contributed by atoms with E-state index in [1.165, 1.54) is 13.0 Å². The summed E-state index contributed by atoms with van der Waals surface area (Å²) in [6.45, 7) is 7.24. The molecule has 0 spiro atoms. The fraction of sp³-hybridized carbons (Fsp3) is 0.600. The number of benzene rings is 1. The summed E-state index contributed by atoms with van der Waals surface area (Å²) in [7, 11) is 2.10. The minimum atomic E-state index is -4.42. The fourth-order valence-corrected chi connectivity index (χ4v) is 5.44. The number of fused-ring (bicyclic) bond motifs is 1. The summed E-state index contributed by atoms with van der Waals surface area (Å²) in [5.41, 5.74) is 1.65. The number of rotatable bonds is 5. The molecule has 2 aromatic rings. The van der Waals surface area contributed by atoms with E-state index in [-0.39, 0.29) is 11.3 Å². The van der Waals surface area contributed by atoms with Gasteiger partial charge in [0.1, 0.15) is 12.4 Å². The topological polar surface area (TPSA) is 56.8 Å². The van der Waals surface area contributed by atoms with E-state index in [1.54, 1.807) is 17.0 Å². The first-order chi connectivity index (χ1) is 16.8. The van der Waals surface area contributed by atoms with Crippen molar-refractivity contribution in [2.75, 3.05) is 62.7 Å². The predicted molar refractivity (Wildman–Crippen MR) is 129 cm³/mol. The van der Waals surface area contributed by atoms with Crippen LogP contribution in [0.2, 0.25) is 0 Å². The number of aromatic nitrogens is 2. The lowest BCUT2D eigenvalue weighted by atomic mass is 10.0. The quantitative estimate of drug-likeness (QED) is 0.691. The standard InChI is InChI=1S/C25H33F3N6O/c1-17-5-3-7-21(22(17)25(26,27)28)34-12-8-19-20(15-34)30-24(35-16-18-6-4-11-32(18)2)31-23(19)33-13-9-29-10-14-33/h3,5,7,18,29H,4,6,8-16H2,1-2H3/t18-/m0/s1. The molecule has 2 saturated heterocycles. The van der Waals surface area contributed by atoms with Crippen LogP contribution in [0.15, 0.2) is 18.2 Å². The third-order valence-corrected chi connectivity index (χ3v) is 7.39. The highest BCUT2D eigenvalue weighted by atomic mass is 19.4. The zero-order valence-corrected chi connectivity index (χ0v) is 20.4. The van der Waals surface area contributed by atoms with Gasteiger partial charge in [-0.1, -0.05) is 12.1 Å². The number of hydrogen-bond acceptors (Lipinski definition) is 7. The van der Waals surface area contributed by atoms with Crippen molar-refractivity contribution in [3.05, 3.63) is 40.6 Å². The summed E-state index contributed by atoms with van der Waals surface area (Å²) >= 11 is 0. The molecule has 0 unspecified atom stereocenters. The summed E-state index contributed by atoms with van der Waals surface area (Å²) < 4.78 is 47.9. The maximum Gasteiger partial charge on any atom is 0.418 e. The van der Waals surface area contributed by atoms with Gasteiger partial charge in [-0.25, -0.2) is 0 Å². The summed E-state index contributed by atoms with van der Waals surface area (Å²) in [5.74, 6) is 0.867. The van der Waals surface area contributed by atoms with Gasteiger partial charge in [0.15, 0.2) is 0 Å². The van der Waals surface area contributed by atoms with Crippen LogP contribution in [0.3, 0.4) is 0 Å². The molecule has 190 valence electrons. The Kier molecular flexibility index (Phi) is 6.76. The zero-order chi connectivity index (χ0) is 24.6. The number of nitrogens with one attached hydrogen (secondary N) is 1. The van der Waals surface area contributed by atoms with Crippen molar-refractivity contribution in [3.63, 3.8) is 0 Å². The zero-order valence-electron chi connectivity index (χ0n) is 20.4. The van der Waals surface area contributed by atoms with E-state index in [1.807, 2.05) is 0 Å². The Bertz CT molecular complexity index is 1060. The van der Waals surface area contributed by atoms with Gasteiger partial charge in [0.05, 0.1) is 17.8 Å². The molecule has 3 aliphatic heterocycles. The minimum Gasteiger partial charge on any atom is -0.462 e. The molecule has 0 bridgehead atoms. The number of aryl methyl sites for hydroxylation is 1. The molecule has 5 rings (SSSR count). The van der Waals surface area contributed by atoms with Crippen molar-refractivity contribution < 1.29 is 17.9 Å². The molecule has 1 N–H and O–H groups in total. The van der Waals surface area contributed by atoms with E-state index < -0.39 is 11.7 Å². The van der Waals surface area contributed by atoms with Crippen LogP contribution in [-0.4, -0.2) is 73.8 Å². The van der Waals surface area contributed by atoms with Crippen LogP contribution in [0.4, 0.5) is 24.7 Å². The van der Waals surface area contributed by atoms with Gasteiger partial charge in [-0.2, -0.15) is 23.1 Å². The Balaban J connectivity index is 1.47. The van der Waals surface area contributed by atoms with E-state index in [0.717, 1.165) is 62.6 Å². The molecular weight excluding hydrogens is 457 g/mol. The van der Waals surface area contributed by atoms with Crippen LogP contribution in [0, 0.1) is 6.92 Å². The Morgan fingerprint density at radius 2 is 1.89 bits per heavy atom. The molecule has 4 heterocycles. The third-order valence-electron chi connectivity index (χ3n) is 7.39. The molecule has 1 aromatic carbocycles. The molecule has 0 aliphatic carbocycles. The minimum absolute atomic E-state index is 0.209. The van der Waals surface area contributed by atoms with Gasteiger partial charge < -0.3 is 24.8 Å². The van der Waals surface area contributed by atoms with E-state index in [9.17, 15) is 13.2 Å². The number of alkyl halides is 3. The fourth-order valence-electron chi connectivity index (χ4n) is 5.44. The van der Waals surface area contributed by atoms with Crippen LogP contribution in [0.1, 0.15) is 35.2 Å². The number of halogens is 3. The van der Waals surface area contributed by atoms with Gasteiger partial charge in [0.2, 0.25) is 0 Å². The second-order valence-electron chi connectivity index (χ2n) is 9.72. The normalized spacial score (nSPS) is 21.3. The monoisotopic (exact) mass is 490 g/mol. The average Bonchev–Trinajstić information content (AvgIpc) is 3.26. The largest absolute Gasteiger partial charge is 0.462 e. The summed E-state index contributed by atoms with van der Waals surface area (Å²) in [5, 5.41) is 3.36. The van der Waals surface area contributed by atoms with Gasteiger partial charge in [-0.05, 0) is 51.4 Å². The molecular formula is C25H33F3N6O. The van der Waals surface area contributed by atoms with E-state index >= 15 is 0 Å². The van der Waals surface area contributed by atoms with Gasteiger partial charge in [0.25, 0.3) is 0 Å². The van der Waals surface area contributed by atoms with Gasteiger partial charge >= 0.3 is 12.2 Å². The van der Waals surface area contributed by atoms with Crippen molar-refractivity contribution >= 4 is 11.5 Å². The van der Waals surface area contributed by atoms with Crippen LogP contribution in [-0.2, 0) is 19.1 Å². The molecule has 10 heteroatoms. The third kappa shape index (κ3) is 5.04. The smallest absolute Gasteiger partial charge is 0.418 e.